The minimum absolute atomic E-state index is 0.106. The van der Waals surface area contributed by atoms with E-state index in [2.05, 4.69) is 31.3 Å². The topological polar surface area (TPSA) is 50.4 Å². The van der Waals surface area contributed by atoms with E-state index < -0.39 is 6.61 Å². The molecule has 0 atom stereocenters. The number of ether oxygens (including phenoxy) is 1. The Labute approximate surface area is 118 Å². The first-order chi connectivity index (χ1) is 8.99. The van der Waals surface area contributed by atoms with Gasteiger partial charge in [0.2, 0.25) is 5.91 Å². The number of amides is 1. The van der Waals surface area contributed by atoms with E-state index in [9.17, 15) is 13.6 Å². The molecule has 0 aliphatic heterocycles. The van der Waals surface area contributed by atoms with Crippen molar-refractivity contribution in [3.8, 4) is 5.75 Å². The number of alkyl halides is 2. The van der Waals surface area contributed by atoms with Gasteiger partial charge in [0, 0.05) is 36.6 Å². The van der Waals surface area contributed by atoms with Gasteiger partial charge in [0.15, 0.2) is 0 Å². The minimum atomic E-state index is -2.85. The van der Waals surface area contributed by atoms with Crippen LogP contribution in [0.3, 0.4) is 0 Å². The van der Waals surface area contributed by atoms with Crippen LogP contribution in [0, 0.1) is 0 Å². The molecule has 0 unspecified atom stereocenters. The number of carbonyl (C=O) groups excluding carboxylic acids is 1. The summed E-state index contributed by atoms with van der Waals surface area (Å²) >= 11 is 3.28. The highest BCUT2D eigenvalue weighted by Crippen LogP contribution is 2.24. The number of benzene rings is 1. The molecule has 2 N–H and O–H groups in total. The smallest absolute Gasteiger partial charge is 0.387 e. The molecule has 0 spiro atoms. The lowest BCUT2D eigenvalue weighted by Gasteiger charge is -2.12. The lowest BCUT2D eigenvalue weighted by atomic mass is 10.2. The summed E-state index contributed by atoms with van der Waals surface area (Å²) in [6.45, 7) is -0.0160. The molecule has 0 aromatic heterocycles. The zero-order chi connectivity index (χ0) is 14.3. The van der Waals surface area contributed by atoms with Crippen LogP contribution in [0.2, 0.25) is 0 Å². The molecule has 1 aromatic carbocycles. The van der Waals surface area contributed by atoms with Crippen molar-refractivity contribution in [2.75, 3.05) is 13.1 Å². The summed E-state index contributed by atoms with van der Waals surface area (Å²) in [5.41, 5.74) is 0.623. The summed E-state index contributed by atoms with van der Waals surface area (Å²) in [6.07, 6.45) is 0. The molecule has 1 amide bonds. The molecule has 0 aliphatic carbocycles. The fourth-order valence-corrected chi connectivity index (χ4v) is 1.86. The maximum Gasteiger partial charge on any atom is 0.387 e. The van der Waals surface area contributed by atoms with Crippen LogP contribution in [-0.2, 0) is 11.3 Å². The standard InChI is InChI=1S/C12H15BrF2N2O2/c1-8(18)17-5-4-16-7-9-6-10(13)2-3-11(9)19-12(14)15/h2-3,6,12,16H,4-5,7H2,1H3,(H,17,18). The lowest BCUT2D eigenvalue weighted by molar-refractivity contribution is -0.118. The maximum atomic E-state index is 12.2. The first kappa shape index (κ1) is 15.8. The van der Waals surface area contributed by atoms with Gasteiger partial charge in [-0.2, -0.15) is 8.78 Å². The summed E-state index contributed by atoms with van der Waals surface area (Å²) in [7, 11) is 0. The van der Waals surface area contributed by atoms with Gasteiger partial charge in [-0.05, 0) is 18.2 Å². The molecule has 0 heterocycles. The van der Waals surface area contributed by atoms with Gasteiger partial charge in [0.05, 0.1) is 0 Å². The van der Waals surface area contributed by atoms with E-state index >= 15 is 0 Å². The van der Waals surface area contributed by atoms with Crippen LogP contribution in [0.25, 0.3) is 0 Å². The van der Waals surface area contributed by atoms with E-state index in [1.807, 2.05) is 0 Å². The third-order valence-corrected chi connectivity index (χ3v) is 2.72. The second kappa shape index (κ2) is 8.06. The van der Waals surface area contributed by atoms with Crippen LogP contribution in [0.15, 0.2) is 22.7 Å². The Morgan fingerprint density at radius 2 is 2.16 bits per heavy atom. The van der Waals surface area contributed by atoms with Crippen molar-refractivity contribution < 1.29 is 18.3 Å². The Morgan fingerprint density at radius 1 is 1.42 bits per heavy atom. The summed E-state index contributed by atoms with van der Waals surface area (Å²) in [6, 6.07) is 4.84. The first-order valence-electron chi connectivity index (χ1n) is 5.67. The zero-order valence-corrected chi connectivity index (χ0v) is 12.0. The fourth-order valence-electron chi connectivity index (χ4n) is 1.45. The Morgan fingerprint density at radius 3 is 2.79 bits per heavy atom. The lowest BCUT2D eigenvalue weighted by Crippen LogP contribution is -2.30. The summed E-state index contributed by atoms with van der Waals surface area (Å²) in [4.78, 5) is 10.6. The molecular weight excluding hydrogens is 322 g/mol. The molecule has 4 nitrogen and oxygen atoms in total. The van der Waals surface area contributed by atoms with E-state index in [1.54, 1.807) is 12.1 Å². The predicted molar refractivity (Wildman–Crippen MR) is 71.2 cm³/mol. The van der Waals surface area contributed by atoms with Crippen LogP contribution in [0.4, 0.5) is 8.78 Å². The normalized spacial score (nSPS) is 10.6. The number of carbonyl (C=O) groups is 1. The first-order valence-corrected chi connectivity index (χ1v) is 6.46. The number of nitrogens with one attached hydrogen (secondary N) is 2. The molecule has 19 heavy (non-hydrogen) atoms. The van der Waals surface area contributed by atoms with Gasteiger partial charge in [-0.25, -0.2) is 0 Å². The molecule has 0 fully saturated rings. The molecule has 0 bridgehead atoms. The van der Waals surface area contributed by atoms with Crippen LogP contribution >= 0.6 is 15.9 Å². The van der Waals surface area contributed by atoms with Crippen LogP contribution < -0.4 is 15.4 Å². The average Bonchev–Trinajstić information content (AvgIpc) is 2.31. The monoisotopic (exact) mass is 336 g/mol. The quantitative estimate of drug-likeness (QED) is 0.751. The second-order valence-corrected chi connectivity index (χ2v) is 4.71. The van der Waals surface area contributed by atoms with Gasteiger partial charge >= 0.3 is 6.61 Å². The Hall–Kier alpha value is -1.21. The van der Waals surface area contributed by atoms with Gasteiger partial charge in [0.25, 0.3) is 0 Å². The Balaban J connectivity index is 2.51. The molecule has 0 aliphatic rings. The van der Waals surface area contributed by atoms with Crippen molar-refractivity contribution in [3.63, 3.8) is 0 Å². The summed E-state index contributed by atoms with van der Waals surface area (Å²) in [5, 5.41) is 5.67. The van der Waals surface area contributed by atoms with E-state index in [1.165, 1.54) is 13.0 Å². The van der Waals surface area contributed by atoms with Crippen molar-refractivity contribution in [1.82, 2.24) is 10.6 Å². The van der Waals surface area contributed by atoms with E-state index in [0.717, 1.165) is 4.47 Å². The average molecular weight is 337 g/mol. The summed E-state index contributed by atoms with van der Waals surface area (Å²) in [5.74, 6) is 0.0382. The Bertz CT molecular complexity index is 430. The molecule has 0 saturated carbocycles. The van der Waals surface area contributed by atoms with Gasteiger partial charge in [-0.15, -0.1) is 0 Å². The number of hydrogen-bond acceptors (Lipinski definition) is 3. The molecule has 7 heteroatoms. The molecule has 0 radical (unpaired) electrons. The summed E-state index contributed by atoms with van der Waals surface area (Å²) < 4.78 is 29.7. The van der Waals surface area contributed by atoms with E-state index in [-0.39, 0.29) is 11.7 Å². The second-order valence-electron chi connectivity index (χ2n) is 3.79. The molecule has 0 saturated heterocycles. The van der Waals surface area contributed by atoms with Gasteiger partial charge in [-0.3, -0.25) is 4.79 Å². The van der Waals surface area contributed by atoms with E-state index in [0.29, 0.717) is 25.2 Å². The fraction of sp³-hybridized carbons (Fsp3) is 0.417. The largest absolute Gasteiger partial charge is 0.434 e. The van der Waals surface area contributed by atoms with Crippen molar-refractivity contribution in [3.05, 3.63) is 28.2 Å². The number of hydrogen-bond donors (Lipinski definition) is 2. The van der Waals surface area contributed by atoms with Crippen LogP contribution in [-0.4, -0.2) is 25.6 Å². The highest BCUT2D eigenvalue weighted by Gasteiger charge is 2.09. The highest BCUT2D eigenvalue weighted by molar-refractivity contribution is 9.10. The minimum Gasteiger partial charge on any atom is -0.434 e. The third-order valence-electron chi connectivity index (χ3n) is 2.23. The number of halogens is 3. The maximum absolute atomic E-state index is 12.2. The molecular formula is C12H15BrF2N2O2. The third kappa shape index (κ3) is 6.49. The van der Waals surface area contributed by atoms with Gasteiger partial charge in [0.1, 0.15) is 5.75 Å². The van der Waals surface area contributed by atoms with Crippen molar-refractivity contribution >= 4 is 21.8 Å². The van der Waals surface area contributed by atoms with Crippen LogP contribution in [0.5, 0.6) is 5.75 Å². The van der Waals surface area contributed by atoms with Gasteiger partial charge < -0.3 is 15.4 Å². The molecule has 106 valence electrons. The number of rotatable bonds is 7. The molecule has 1 aromatic rings. The van der Waals surface area contributed by atoms with Gasteiger partial charge in [-0.1, -0.05) is 15.9 Å². The van der Waals surface area contributed by atoms with E-state index in [4.69, 9.17) is 0 Å². The van der Waals surface area contributed by atoms with Crippen molar-refractivity contribution in [2.45, 2.75) is 20.1 Å². The molecule has 1 rings (SSSR count). The van der Waals surface area contributed by atoms with Crippen molar-refractivity contribution in [1.29, 1.82) is 0 Å². The predicted octanol–water partition coefficient (Wildman–Crippen LogP) is 2.28. The Kier molecular flexibility index (Phi) is 6.72. The highest BCUT2D eigenvalue weighted by atomic mass is 79.9. The zero-order valence-electron chi connectivity index (χ0n) is 10.4. The van der Waals surface area contributed by atoms with Crippen LogP contribution in [0.1, 0.15) is 12.5 Å². The SMILES string of the molecule is CC(=O)NCCNCc1cc(Br)ccc1OC(F)F. The van der Waals surface area contributed by atoms with Crippen molar-refractivity contribution in [2.24, 2.45) is 0 Å².